The highest BCUT2D eigenvalue weighted by atomic mass is 16.1. The molecule has 1 nitrogen and oxygen atoms in total. The van der Waals surface area contributed by atoms with Crippen LogP contribution in [0, 0.1) is 5.92 Å². The Morgan fingerprint density at radius 2 is 2.22 bits per heavy atom. The minimum Gasteiger partial charge on any atom is -0.295 e. The van der Waals surface area contributed by atoms with Gasteiger partial charge in [0.2, 0.25) is 0 Å². The molecular formula is C8H12O. The van der Waals surface area contributed by atoms with Gasteiger partial charge >= 0.3 is 0 Å². The molecule has 0 aromatic carbocycles. The fourth-order valence-corrected chi connectivity index (χ4v) is 1.61. The molecule has 0 aromatic rings. The van der Waals surface area contributed by atoms with Crippen molar-refractivity contribution in [1.82, 2.24) is 0 Å². The molecule has 0 fully saturated rings. The summed E-state index contributed by atoms with van der Waals surface area (Å²) in [7, 11) is 0. The van der Waals surface area contributed by atoms with E-state index in [4.69, 9.17) is 0 Å². The molecule has 1 heteroatoms. The average Bonchev–Trinajstić information content (AvgIpc) is 1.62. The molecule has 1 unspecified atom stereocenters. The van der Waals surface area contributed by atoms with E-state index in [1.54, 1.807) is 6.92 Å². The molecule has 0 aliphatic heterocycles. The Hall–Kier alpha value is -0.590. The number of allylic oxidation sites excluding steroid dienone is 2. The molecular weight excluding hydrogens is 112 g/mol. The van der Waals surface area contributed by atoms with Crippen LogP contribution < -0.4 is 0 Å². The first-order valence-corrected chi connectivity index (χ1v) is 3.33. The van der Waals surface area contributed by atoms with Crippen LogP contribution in [0.4, 0.5) is 0 Å². The van der Waals surface area contributed by atoms with E-state index in [1.807, 2.05) is 6.92 Å². The Labute approximate surface area is 55.8 Å². The van der Waals surface area contributed by atoms with Gasteiger partial charge in [0.05, 0.1) is 0 Å². The van der Waals surface area contributed by atoms with E-state index in [9.17, 15) is 4.79 Å². The molecule has 0 heterocycles. The lowest BCUT2D eigenvalue weighted by Gasteiger charge is -2.26. The molecule has 1 aliphatic rings. The fraction of sp³-hybridized carbons (Fsp3) is 0.625. The predicted octanol–water partition coefficient (Wildman–Crippen LogP) is 1.93. The van der Waals surface area contributed by atoms with Crippen molar-refractivity contribution in [2.75, 3.05) is 0 Å². The lowest BCUT2D eigenvalue weighted by atomic mass is 9.78. The van der Waals surface area contributed by atoms with Crippen LogP contribution in [-0.2, 0) is 4.79 Å². The van der Waals surface area contributed by atoms with E-state index in [1.165, 1.54) is 5.57 Å². The van der Waals surface area contributed by atoms with Crippen molar-refractivity contribution < 1.29 is 4.79 Å². The second-order valence-corrected chi connectivity index (χ2v) is 2.86. The molecule has 0 amide bonds. The van der Waals surface area contributed by atoms with Crippen molar-refractivity contribution >= 4 is 5.78 Å². The van der Waals surface area contributed by atoms with Crippen molar-refractivity contribution in [2.24, 2.45) is 5.92 Å². The first-order chi connectivity index (χ1) is 4.13. The molecule has 1 atom stereocenters. The summed E-state index contributed by atoms with van der Waals surface area (Å²) >= 11 is 0. The second kappa shape index (κ2) is 1.98. The van der Waals surface area contributed by atoms with E-state index < -0.39 is 0 Å². The normalized spacial score (nSPS) is 25.9. The topological polar surface area (TPSA) is 17.1 Å². The predicted molar refractivity (Wildman–Crippen MR) is 37.2 cm³/mol. The summed E-state index contributed by atoms with van der Waals surface area (Å²) in [6.45, 7) is 5.79. The van der Waals surface area contributed by atoms with Crippen molar-refractivity contribution in [1.29, 1.82) is 0 Å². The van der Waals surface area contributed by atoms with Crippen LogP contribution in [0.3, 0.4) is 0 Å². The van der Waals surface area contributed by atoms with E-state index in [0.717, 1.165) is 12.0 Å². The minimum atomic E-state index is 0.256. The Morgan fingerprint density at radius 3 is 2.33 bits per heavy atom. The van der Waals surface area contributed by atoms with Crippen LogP contribution in [0.2, 0.25) is 0 Å². The molecule has 50 valence electrons. The highest BCUT2D eigenvalue weighted by Gasteiger charge is 2.24. The number of rotatable bonds is 1. The lowest BCUT2D eigenvalue weighted by Crippen LogP contribution is -2.19. The van der Waals surface area contributed by atoms with Gasteiger partial charge in [-0.2, -0.15) is 0 Å². The van der Waals surface area contributed by atoms with Gasteiger partial charge < -0.3 is 0 Å². The summed E-state index contributed by atoms with van der Waals surface area (Å²) in [6, 6.07) is 0. The first-order valence-electron chi connectivity index (χ1n) is 3.33. The molecule has 0 saturated heterocycles. The zero-order valence-corrected chi connectivity index (χ0v) is 6.19. The van der Waals surface area contributed by atoms with Gasteiger partial charge in [-0.1, -0.05) is 12.5 Å². The Bertz CT molecular complexity index is 177. The van der Waals surface area contributed by atoms with E-state index in [-0.39, 0.29) is 5.78 Å². The molecule has 0 N–H and O–H groups in total. The minimum absolute atomic E-state index is 0.256. The van der Waals surface area contributed by atoms with Gasteiger partial charge in [-0.25, -0.2) is 0 Å². The number of carbonyl (C=O) groups is 1. The lowest BCUT2D eigenvalue weighted by molar-refractivity contribution is -0.114. The number of hydrogen-bond donors (Lipinski definition) is 0. The van der Waals surface area contributed by atoms with E-state index in [2.05, 4.69) is 6.92 Å². The van der Waals surface area contributed by atoms with Crippen LogP contribution in [-0.4, -0.2) is 5.78 Å². The third-order valence-corrected chi connectivity index (χ3v) is 1.94. The van der Waals surface area contributed by atoms with Crippen LogP contribution in [0.15, 0.2) is 11.1 Å². The number of ketones is 1. The second-order valence-electron chi connectivity index (χ2n) is 2.86. The Balaban J connectivity index is 2.80. The third-order valence-electron chi connectivity index (χ3n) is 1.94. The molecule has 0 saturated carbocycles. The SMILES string of the molecule is CC(=O)C1=C(C)CC1C. The van der Waals surface area contributed by atoms with E-state index in [0.29, 0.717) is 5.92 Å². The van der Waals surface area contributed by atoms with Gasteiger partial charge in [-0.3, -0.25) is 4.79 Å². The number of hydrogen-bond acceptors (Lipinski definition) is 1. The van der Waals surface area contributed by atoms with Crippen LogP contribution in [0.25, 0.3) is 0 Å². The Morgan fingerprint density at radius 1 is 1.67 bits per heavy atom. The van der Waals surface area contributed by atoms with Gasteiger partial charge in [0.1, 0.15) is 0 Å². The molecule has 9 heavy (non-hydrogen) atoms. The van der Waals surface area contributed by atoms with Crippen LogP contribution in [0.1, 0.15) is 27.2 Å². The molecule has 1 rings (SSSR count). The first kappa shape index (κ1) is 6.53. The maximum atomic E-state index is 10.8. The fourth-order valence-electron chi connectivity index (χ4n) is 1.61. The maximum absolute atomic E-state index is 10.8. The standard InChI is InChI=1S/C8H12O/c1-5-4-6(2)8(5)7(3)9/h5H,4H2,1-3H3. The molecule has 0 bridgehead atoms. The number of Topliss-reactive ketones (excluding diaryl/α,β-unsaturated/α-hetero) is 1. The van der Waals surface area contributed by atoms with Crippen molar-refractivity contribution in [3.8, 4) is 0 Å². The maximum Gasteiger partial charge on any atom is 0.156 e. The largest absolute Gasteiger partial charge is 0.295 e. The van der Waals surface area contributed by atoms with Crippen molar-refractivity contribution in [3.05, 3.63) is 11.1 Å². The van der Waals surface area contributed by atoms with Gasteiger partial charge in [0, 0.05) is 0 Å². The third kappa shape index (κ3) is 0.913. The van der Waals surface area contributed by atoms with Gasteiger partial charge in [-0.05, 0) is 31.8 Å². The highest BCUT2D eigenvalue weighted by Crippen LogP contribution is 2.33. The molecule has 0 radical (unpaired) electrons. The average molecular weight is 124 g/mol. The van der Waals surface area contributed by atoms with Gasteiger partial charge in [0.25, 0.3) is 0 Å². The smallest absolute Gasteiger partial charge is 0.156 e. The summed E-state index contributed by atoms with van der Waals surface area (Å²) in [6.07, 6.45) is 1.12. The van der Waals surface area contributed by atoms with Crippen molar-refractivity contribution in [2.45, 2.75) is 27.2 Å². The van der Waals surface area contributed by atoms with Crippen LogP contribution in [0.5, 0.6) is 0 Å². The monoisotopic (exact) mass is 124 g/mol. The molecule has 0 spiro atoms. The summed E-state index contributed by atoms with van der Waals surface area (Å²) in [4.78, 5) is 10.8. The summed E-state index contributed by atoms with van der Waals surface area (Å²) in [5.74, 6) is 0.786. The van der Waals surface area contributed by atoms with Gasteiger partial charge in [0.15, 0.2) is 5.78 Å². The van der Waals surface area contributed by atoms with E-state index >= 15 is 0 Å². The number of carbonyl (C=O) groups excluding carboxylic acids is 1. The highest BCUT2D eigenvalue weighted by molar-refractivity contribution is 5.96. The summed E-state index contributed by atoms with van der Waals surface area (Å²) in [5.41, 5.74) is 2.35. The van der Waals surface area contributed by atoms with Crippen LogP contribution >= 0.6 is 0 Å². The quantitative estimate of drug-likeness (QED) is 0.522. The van der Waals surface area contributed by atoms with Crippen molar-refractivity contribution in [3.63, 3.8) is 0 Å². The molecule has 1 aliphatic carbocycles. The zero-order chi connectivity index (χ0) is 7.02. The molecule has 0 aromatic heterocycles. The van der Waals surface area contributed by atoms with Gasteiger partial charge in [-0.15, -0.1) is 0 Å². The summed E-state index contributed by atoms with van der Waals surface area (Å²) < 4.78 is 0. The zero-order valence-electron chi connectivity index (χ0n) is 6.19. The summed E-state index contributed by atoms with van der Waals surface area (Å²) in [5, 5.41) is 0. The Kier molecular flexibility index (Phi) is 1.43.